The number of nitrogens with zero attached hydrogens (tertiary/aromatic N) is 3. The largest absolute Gasteiger partial charge is 0.461 e. The standard InChI is InChI=1S/C14H24N4O3/c1-6-20-12(19)11-9(8-15)18(17-16-11)10-7-13(2,3)21-14(10,4)5/h10H,6-8,15H2,1-5H3. The van der Waals surface area contributed by atoms with E-state index in [0.29, 0.717) is 12.3 Å². The summed E-state index contributed by atoms with van der Waals surface area (Å²) in [6.45, 7) is 10.3. The van der Waals surface area contributed by atoms with Crippen molar-refractivity contribution in [3.63, 3.8) is 0 Å². The minimum atomic E-state index is -0.486. The zero-order valence-electron chi connectivity index (χ0n) is 13.3. The summed E-state index contributed by atoms with van der Waals surface area (Å²) in [6, 6.07) is -0.0262. The number of carbonyl (C=O) groups excluding carboxylic acids is 1. The molecule has 2 rings (SSSR count). The van der Waals surface area contributed by atoms with Crippen molar-refractivity contribution in [3.05, 3.63) is 11.4 Å². The highest BCUT2D eigenvalue weighted by atomic mass is 16.5. The Kier molecular flexibility index (Phi) is 4.08. The van der Waals surface area contributed by atoms with Crippen molar-refractivity contribution in [3.8, 4) is 0 Å². The summed E-state index contributed by atoms with van der Waals surface area (Å²) in [4.78, 5) is 11.9. The van der Waals surface area contributed by atoms with E-state index >= 15 is 0 Å². The highest BCUT2D eigenvalue weighted by molar-refractivity contribution is 5.88. The monoisotopic (exact) mass is 296 g/mol. The molecule has 0 aromatic carbocycles. The van der Waals surface area contributed by atoms with Gasteiger partial charge in [0.1, 0.15) is 0 Å². The number of aromatic nitrogens is 3. The van der Waals surface area contributed by atoms with Crippen LogP contribution in [0, 0.1) is 0 Å². The lowest BCUT2D eigenvalue weighted by Crippen LogP contribution is -2.33. The average Bonchev–Trinajstić information content (AvgIpc) is 2.86. The molecule has 2 heterocycles. The van der Waals surface area contributed by atoms with Crippen molar-refractivity contribution in [1.82, 2.24) is 15.0 Å². The first-order valence-electron chi connectivity index (χ1n) is 7.23. The normalized spacial score (nSPS) is 23.2. The summed E-state index contributed by atoms with van der Waals surface area (Å²) < 4.78 is 12.8. The van der Waals surface area contributed by atoms with Crippen LogP contribution in [0.2, 0.25) is 0 Å². The van der Waals surface area contributed by atoms with E-state index in [-0.39, 0.29) is 23.9 Å². The van der Waals surface area contributed by atoms with Crippen LogP contribution in [0.25, 0.3) is 0 Å². The van der Waals surface area contributed by atoms with Gasteiger partial charge in [-0.25, -0.2) is 9.48 Å². The fourth-order valence-electron chi connectivity index (χ4n) is 3.03. The molecule has 0 saturated carbocycles. The summed E-state index contributed by atoms with van der Waals surface area (Å²) in [7, 11) is 0. The van der Waals surface area contributed by atoms with Gasteiger partial charge in [0.25, 0.3) is 0 Å². The molecule has 0 aliphatic carbocycles. The van der Waals surface area contributed by atoms with Gasteiger partial charge in [-0.05, 0) is 34.6 Å². The molecule has 1 aliphatic rings. The maximum absolute atomic E-state index is 11.9. The summed E-state index contributed by atoms with van der Waals surface area (Å²) >= 11 is 0. The third-order valence-corrected chi connectivity index (χ3v) is 3.78. The van der Waals surface area contributed by atoms with Crippen molar-refractivity contribution >= 4 is 5.97 Å². The Morgan fingerprint density at radius 1 is 1.48 bits per heavy atom. The minimum absolute atomic E-state index is 0.0262. The zero-order chi connectivity index (χ0) is 15.8. The van der Waals surface area contributed by atoms with Gasteiger partial charge in [-0.15, -0.1) is 5.10 Å². The molecule has 1 aromatic heterocycles. The van der Waals surface area contributed by atoms with Gasteiger partial charge in [0.2, 0.25) is 0 Å². The van der Waals surface area contributed by atoms with Crippen LogP contribution < -0.4 is 5.73 Å². The Bertz CT molecular complexity index is 536. The first-order valence-corrected chi connectivity index (χ1v) is 7.23. The lowest BCUT2D eigenvalue weighted by molar-refractivity contribution is -0.0740. The number of rotatable bonds is 4. The van der Waals surface area contributed by atoms with Gasteiger partial charge in [-0.2, -0.15) is 0 Å². The fourth-order valence-corrected chi connectivity index (χ4v) is 3.03. The third-order valence-electron chi connectivity index (χ3n) is 3.78. The molecular formula is C14H24N4O3. The maximum atomic E-state index is 11.9. The van der Waals surface area contributed by atoms with E-state index in [2.05, 4.69) is 10.3 Å². The molecule has 1 fully saturated rings. The first kappa shape index (κ1) is 15.9. The van der Waals surface area contributed by atoms with Crippen LogP contribution in [0.4, 0.5) is 0 Å². The molecule has 0 spiro atoms. The van der Waals surface area contributed by atoms with E-state index in [4.69, 9.17) is 15.2 Å². The SMILES string of the molecule is CCOC(=O)c1nnn(C2CC(C)(C)OC2(C)C)c1CN. The summed E-state index contributed by atoms with van der Waals surface area (Å²) in [5.41, 5.74) is 5.93. The average molecular weight is 296 g/mol. The van der Waals surface area contributed by atoms with Crippen molar-refractivity contribution in [2.45, 2.75) is 64.8 Å². The molecule has 0 bridgehead atoms. The number of esters is 1. The molecule has 7 nitrogen and oxygen atoms in total. The Labute approximate surface area is 124 Å². The number of hydrogen-bond donors (Lipinski definition) is 1. The molecule has 2 N–H and O–H groups in total. The lowest BCUT2D eigenvalue weighted by atomic mass is 9.94. The van der Waals surface area contributed by atoms with Crippen LogP contribution in [-0.4, -0.2) is 38.8 Å². The molecule has 0 radical (unpaired) electrons. The topological polar surface area (TPSA) is 92.3 Å². The van der Waals surface area contributed by atoms with Crippen molar-refractivity contribution in [2.75, 3.05) is 6.61 Å². The predicted octanol–water partition coefficient (Wildman–Crippen LogP) is 1.43. The molecule has 1 saturated heterocycles. The Balaban J connectivity index is 2.39. The molecule has 7 heteroatoms. The van der Waals surface area contributed by atoms with Crippen LogP contribution >= 0.6 is 0 Å². The summed E-state index contributed by atoms with van der Waals surface area (Å²) in [5.74, 6) is -0.486. The van der Waals surface area contributed by atoms with Crippen molar-refractivity contribution < 1.29 is 14.3 Å². The molecule has 0 amide bonds. The Morgan fingerprint density at radius 2 is 2.14 bits per heavy atom. The summed E-state index contributed by atoms with van der Waals surface area (Å²) in [6.07, 6.45) is 0.776. The molecule has 1 aromatic rings. The minimum Gasteiger partial charge on any atom is -0.461 e. The van der Waals surface area contributed by atoms with E-state index in [1.165, 1.54) is 0 Å². The number of ether oxygens (including phenoxy) is 2. The predicted molar refractivity (Wildman–Crippen MR) is 76.8 cm³/mol. The van der Waals surface area contributed by atoms with Gasteiger partial charge in [0.15, 0.2) is 5.69 Å². The van der Waals surface area contributed by atoms with Crippen LogP contribution in [0.1, 0.15) is 63.3 Å². The second-order valence-corrected chi connectivity index (χ2v) is 6.44. The molecule has 118 valence electrons. The quantitative estimate of drug-likeness (QED) is 0.845. The Morgan fingerprint density at radius 3 is 2.62 bits per heavy atom. The van der Waals surface area contributed by atoms with E-state index in [0.717, 1.165) is 6.42 Å². The summed E-state index contributed by atoms with van der Waals surface area (Å²) in [5, 5.41) is 8.11. The Hall–Kier alpha value is -1.47. The molecule has 1 unspecified atom stereocenters. The van der Waals surface area contributed by atoms with Crippen molar-refractivity contribution in [2.24, 2.45) is 5.73 Å². The molecular weight excluding hydrogens is 272 g/mol. The van der Waals surface area contributed by atoms with E-state index in [1.54, 1.807) is 11.6 Å². The van der Waals surface area contributed by atoms with E-state index < -0.39 is 11.6 Å². The van der Waals surface area contributed by atoms with Gasteiger partial charge in [0.05, 0.1) is 29.5 Å². The second-order valence-electron chi connectivity index (χ2n) is 6.44. The van der Waals surface area contributed by atoms with Crippen molar-refractivity contribution in [1.29, 1.82) is 0 Å². The fraction of sp³-hybridized carbons (Fsp3) is 0.786. The maximum Gasteiger partial charge on any atom is 0.360 e. The molecule has 1 aliphatic heterocycles. The number of hydrogen-bond acceptors (Lipinski definition) is 6. The van der Waals surface area contributed by atoms with Gasteiger partial charge in [0, 0.05) is 13.0 Å². The van der Waals surface area contributed by atoms with Gasteiger partial charge >= 0.3 is 5.97 Å². The van der Waals surface area contributed by atoms with Gasteiger partial charge < -0.3 is 15.2 Å². The smallest absolute Gasteiger partial charge is 0.360 e. The van der Waals surface area contributed by atoms with E-state index in [1.807, 2.05) is 27.7 Å². The highest BCUT2D eigenvalue weighted by Gasteiger charge is 2.48. The van der Waals surface area contributed by atoms with Crippen LogP contribution in [0.5, 0.6) is 0 Å². The second kappa shape index (κ2) is 5.38. The van der Waals surface area contributed by atoms with Gasteiger partial charge in [-0.3, -0.25) is 0 Å². The van der Waals surface area contributed by atoms with Gasteiger partial charge in [-0.1, -0.05) is 5.21 Å². The number of carbonyl (C=O) groups is 1. The zero-order valence-corrected chi connectivity index (χ0v) is 13.3. The first-order chi connectivity index (χ1) is 9.72. The van der Waals surface area contributed by atoms with Crippen LogP contribution in [-0.2, 0) is 16.0 Å². The molecule has 21 heavy (non-hydrogen) atoms. The third kappa shape index (κ3) is 2.94. The van der Waals surface area contributed by atoms with Crippen LogP contribution in [0.3, 0.4) is 0 Å². The molecule has 1 atom stereocenters. The lowest BCUT2D eigenvalue weighted by Gasteiger charge is -2.27. The highest BCUT2D eigenvalue weighted by Crippen LogP contribution is 2.45. The van der Waals surface area contributed by atoms with Crippen LogP contribution in [0.15, 0.2) is 0 Å². The van der Waals surface area contributed by atoms with E-state index in [9.17, 15) is 4.79 Å². The number of nitrogens with two attached hydrogens (primary N) is 1.